The SMILES string of the molecule is CC[C@H](C)c1ccc(S(=O)(=O)NNC(=O)c2ccc([N+](=O)[O-])cc2)cc1. The number of hydrogen-bond acceptors (Lipinski definition) is 5. The Balaban J connectivity index is 2.05. The fraction of sp³-hybridized carbons (Fsp3) is 0.235. The van der Waals surface area contributed by atoms with E-state index in [1.165, 1.54) is 24.3 Å². The third-order valence-corrected chi connectivity index (χ3v) is 5.27. The van der Waals surface area contributed by atoms with Gasteiger partial charge in [-0.25, -0.2) is 8.42 Å². The first-order chi connectivity index (χ1) is 12.2. The Labute approximate surface area is 151 Å². The Morgan fingerprint density at radius 1 is 1.12 bits per heavy atom. The molecule has 0 aliphatic heterocycles. The van der Waals surface area contributed by atoms with Gasteiger partial charge in [-0.2, -0.15) is 0 Å². The van der Waals surface area contributed by atoms with Crippen molar-refractivity contribution in [2.75, 3.05) is 0 Å². The number of hydrazine groups is 1. The van der Waals surface area contributed by atoms with E-state index in [0.717, 1.165) is 24.1 Å². The van der Waals surface area contributed by atoms with Crippen molar-refractivity contribution in [3.05, 3.63) is 69.8 Å². The van der Waals surface area contributed by atoms with Gasteiger partial charge < -0.3 is 0 Å². The normalized spacial score (nSPS) is 12.4. The zero-order valence-corrected chi connectivity index (χ0v) is 15.1. The molecule has 0 saturated carbocycles. The van der Waals surface area contributed by atoms with Crippen LogP contribution in [0.3, 0.4) is 0 Å². The Morgan fingerprint density at radius 2 is 1.69 bits per heavy atom. The van der Waals surface area contributed by atoms with Gasteiger partial charge in [-0.15, -0.1) is 4.83 Å². The predicted octanol–water partition coefficient (Wildman–Crippen LogP) is 2.73. The molecule has 0 spiro atoms. The fourth-order valence-electron chi connectivity index (χ4n) is 2.19. The van der Waals surface area contributed by atoms with E-state index in [9.17, 15) is 23.3 Å². The summed E-state index contributed by atoms with van der Waals surface area (Å²) < 4.78 is 24.5. The molecule has 9 heteroatoms. The number of non-ortho nitro benzene ring substituents is 1. The summed E-state index contributed by atoms with van der Waals surface area (Å²) in [5, 5.41) is 10.6. The van der Waals surface area contributed by atoms with Crippen LogP contribution in [0.25, 0.3) is 0 Å². The molecule has 0 radical (unpaired) electrons. The highest BCUT2D eigenvalue weighted by atomic mass is 32.2. The quantitative estimate of drug-likeness (QED) is 0.568. The lowest BCUT2D eigenvalue weighted by Gasteiger charge is -2.11. The van der Waals surface area contributed by atoms with Crippen molar-refractivity contribution in [3.8, 4) is 0 Å². The van der Waals surface area contributed by atoms with Crippen molar-refractivity contribution in [2.24, 2.45) is 0 Å². The second-order valence-electron chi connectivity index (χ2n) is 5.74. The Morgan fingerprint density at radius 3 is 2.19 bits per heavy atom. The number of rotatable bonds is 7. The fourth-order valence-corrected chi connectivity index (χ4v) is 3.03. The largest absolute Gasteiger partial charge is 0.273 e. The van der Waals surface area contributed by atoms with Crippen molar-refractivity contribution in [3.63, 3.8) is 0 Å². The molecule has 138 valence electrons. The maximum absolute atomic E-state index is 12.2. The van der Waals surface area contributed by atoms with Crippen molar-refractivity contribution in [1.29, 1.82) is 0 Å². The van der Waals surface area contributed by atoms with E-state index in [1.807, 2.05) is 18.7 Å². The third kappa shape index (κ3) is 4.64. The molecule has 0 heterocycles. The van der Waals surface area contributed by atoms with Crippen LogP contribution in [0.15, 0.2) is 53.4 Å². The number of nitro groups is 1. The Hall–Kier alpha value is -2.78. The maximum atomic E-state index is 12.2. The van der Waals surface area contributed by atoms with Gasteiger partial charge in [0.15, 0.2) is 0 Å². The van der Waals surface area contributed by atoms with Crippen molar-refractivity contribution < 1.29 is 18.1 Å². The molecule has 0 bridgehead atoms. The average Bonchev–Trinajstić information content (AvgIpc) is 2.65. The van der Waals surface area contributed by atoms with Gasteiger partial charge >= 0.3 is 0 Å². The summed E-state index contributed by atoms with van der Waals surface area (Å²) >= 11 is 0. The molecular weight excluding hydrogens is 358 g/mol. The zero-order chi connectivity index (χ0) is 19.3. The van der Waals surface area contributed by atoms with Gasteiger partial charge in [-0.05, 0) is 42.2 Å². The summed E-state index contributed by atoms with van der Waals surface area (Å²) in [5.74, 6) is -0.402. The number of nitrogens with zero attached hydrogens (tertiary/aromatic N) is 1. The molecule has 2 aromatic carbocycles. The minimum Gasteiger partial charge on any atom is -0.273 e. The molecule has 1 atom stereocenters. The van der Waals surface area contributed by atoms with Gasteiger partial charge in [-0.1, -0.05) is 26.0 Å². The molecule has 0 unspecified atom stereocenters. The second-order valence-corrected chi connectivity index (χ2v) is 7.42. The molecule has 0 fully saturated rings. The molecule has 0 saturated heterocycles. The van der Waals surface area contributed by atoms with Crippen LogP contribution in [0.2, 0.25) is 0 Å². The standard InChI is InChI=1S/C17H19N3O5S/c1-3-12(2)13-6-10-16(11-7-13)26(24,25)19-18-17(21)14-4-8-15(9-5-14)20(22)23/h4-12,19H,3H2,1-2H3,(H,18,21)/t12-/m0/s1. The van der Waals surface area contributed by atoms with Crippen LogP contribution in [-0.2, 0) is 10.0 Å². The van der Waals surface area contributed by atoms with Crippen LogP contribution < -0.4 is 10.3 Å². The first-order valence-corrected chi connectivity index (χ1v) is 9.39. The molecule has 0 aromatic heterocycles. The van der Waals surface area contributed by atoms with E-state index in [0.29, 0.717) is 5.92 Å². The van der Waals surface area contributed by atoms with Crippen LogP contribution in [0.5, 0.6) is 0 Å². The number of sulfonamides is 1. The number of nitrogens with one attached hydrogen (secondary N) is 2. The van der Waals surface area contributed by atoms with E-state index in [1.54, 1.807) is 12.1 Å². The van der Waals surface area contributed by atoms with Crippen LogP contribution in [-0.4, -0.2) is 19.2 Å². The highest BCUT2D eigenvalue weighted by Crippen LogP contribution is 2.20. The molecule has 26 heavy (non-hydrogen) atoms. The molecule has 2 aromatic rings. The van der Waals surface area contributed by atoms with E-state index in [2.05, 4.69) is 5.43 Å². The number of carbonyl (C=O) groups excluding carboxylic acids is 1. The molecule has 8 nitrogen and oxygen atoms in total. The van der Waals surface area contributed by atoms with E-state index in [-0.39, 0.29) is 16.1 Å². The lowest BCUT2D eigenvalue weighted by molar-refractivity contribution is -0.384. The van der Waals surface area contributed by atoms with Gasteiger partial charge in [0.05, 0.1) is 9.82 Å². The molecule has 1 amide bonds. The zero-order valence-electron chi connectivity index (χ0n) is 14.3. The van der Waals surface area contributed by atoms with Gasteiger partial charge in [0.2, 0.25) is 0 Å². The summed E-state index contributed by atoms with van der Waals surface area (Å²) in [7, 11) is -3.92. The second kappa shape index (κ2) is 8.07. The lowest BCUT2D eigenvalue weighted by Crippen LogP contribution is -2.41. The van der Waals surface area contributed by atoms with Gasteiger partial charge in [0.25, 0.3) is 21.6 Å². The van der Waals surface area contributed by atoms with E-state index in [4.69, 9.17) is 0 Å². The molecule has 0 aliphatic rings. The highest BCUT2D eigenvalue weighted by molar-refractivity contribution is 7.89. The van der Waals surface area contributed by atoms with Crippen LogP contribution in [0, 0.1) is 10.1 Å². The van der Waals surface area contributed by atoms with Crippen LogP contribution >= 0.6 is 0 Å². The van der Waals surface area contributed by atoms with E-state index < -0.39 is 20.9 Å². The highest BCUT2D eigenvalue weighted by Gasteiger charge is 2.17. The molecule has 2 rings (SSSR count). The molecule has 2 N–H and O–H groups in total. The molecular formula is C17H19N3O5S. The van der Waals surface area contributed by atoms with Crippen molar-refractivity contribution in [2.45, 2.75) is 31.1 Å². The predicted molar refractivity (Wildman–Crippen MR) is 96.0 cm³/mol. The minimum atomic E-state index is -3.92. The Kier molecular flexibility index (Phi) is 6.06. The van der Waals surface area contributed by atoms with E-state index >= 15 is 0 Å². The number of carbonyl (C=O) groups is 1. The Bertz CT molecular complexity index is 893. The smallest absolute Gasteiger partial charge is 0.269 e. The summed E-state index contributed by atoms with van der Waals surface area (Å²) in [6.07, 6.45) is 0.940. The van der Waals surface area contributed by atoms with Crippen LogP contribution in [0.1, 0.15) is 42.1 Å². The monoisotopic (exact) mass is 377 g/mol. The maximum Gasteiger partial charge on any atom is 0.269 e. The van der Waals surface area contributed by atoms with Gasteiger partial charge in [0.1, 0.15) is 0 Å². The topological polar surface area (TPSA) is 118 Å². The minimum absolute atomic E-state index is 0.0218. The number of benzene rings is 2. The van der Waals surface area contributed by atoms with Crippen LogP contribution in [0.4, 0.5) is 5.69 Å². The average molecular weight is 377 g/mol. The number of nitro benzene ring substituents is 1. The number of amides is 1. The summed E-state index contributed by atoms with van der Waals surface area (Å²) in [5.41, 5.74) is 3.04. The first-order valence-electron chi connectivity index (χ1n) is 7.91. The summed E-state index contributed by atoms with van der Waals surface area (Å²) in [6.45, 7) is 4.09. The molecule has 0 aliphatic carbocycles. The van der Waals surface area contributed by atoms with Gasteiger partial charge in [0, 0.05) is 17.7 Å². The van der Waals surface area contributed by atoms with Crippen molar-refractivity contribution in [1.82, 2.24) is 10.3 Å². The first kappa shape index (κ1) is 19.5. The van der Waals surface area contributed by atoms with Crippen molar-refractivity contribution >= 4 is 21.6 Å². The third-order valence-electron chi connectivity index (χ3n) is 4.01. The summed E-state index contributed by atoms with van der Waals surface area (Å²) in [6, 6.07) is 11.2. The summed E-state index contributed by atoms with van der Waals surface area (Å²) in [4.78, 5) is 24.0. The van der Waals surface area contributed by atoms with Gasteiger partial charge in [-0.3, -0.25) is 20.3 Å². The lowest BCUT2D eigenvalue weighted by atomic mass is 9.99. The number of hydrogen-bond donors (Lipinski definition) is 2.